The van der Waals surface area contributed by atoms with Gasteiger partial charge >= 0.3 is 0 Å². The molecule has 0 aromatic heterocycles. The Morgan fingerprint density at radius 3 is 2.17 bits per heavy atom. The number of carbonyl (C=O) groups is 2. The molecule has 0 saturated heterocycles. The van der Waals surface area contributed by atoms with E-state index in [-0.39, 0.29) is 17.6 Å². The summed E-state index contributed by atoms with van der Waals surface area (Å²) in [5.41, 5.74) is 3.31. The molecule has 1 atom stereocenters. The fourth-order valence-corrected chi connectivity index (χ4v) is 3.81. The molecule has 178 valence electrons. The maximum absolute atomic E-state index is 12.7. The van der Waals surface area contributed by atoms with E-state index in [9.17, 15) is 9.59 Å². The number of anilines is 3. The summed E-state index contributed by atoms with van der Waals surface area (Å²) < 4.78 is 0. The highest BCUT2D eigenvalue weighted by Crippen LogP contribution is 2.32. The van der Waals surface area contributed by atoms with Crippen LogP contribution in [0.2, 0.25) is 5.02 Å². The topological polar surface area (TPSA) is 65.0 Å². The molecular formula is C28H27ClN4O2. The van der Waals surface area contributed by atoms with E-state index in [1.807, 2.05) is 97.6 Å². The third kappa shape index (κ3) is 5.61. The van der Waals surface area contributed by atoms with Gasteiger partial charge in [0.05, 0.1) is 5.69 Å². The highest BCUT2D eigenvalue weighted by atomic mass is 35.5. The van der Waals surface area contributed by atoms with Crippen LogP contribution in [0.1, 0.15) is 26.3 Å². The molecule has 1 amide bonds. The quantitative estimate of drug-likeness (QED) is 0.431. The van der Waals surface area contributed by atoms with Gasteiger partial charge in [0.15, 0.2) is 11.6 Å². The van der Waals surface area contributed by atoms with E-state index in [1.165, 1.54) is 6.92 Å². The van der Waals surface area contributed by atoms with Crippen molar-refractivity contribution < 1.29 is 9.59 Å². The maximum Gasteiger partial charge on any atom is 0.226 e. The molecule has 0 spiro atoms. The zero-order valence-electron chi connectivity index (χ0n) is 19.9. The fraction of sp³-hybridized carbons (Fsp3) is 0.179. The van der Waals surface area contributed by atoms with Gasteiger partial charge in [-0.1, -0.05) is 61.9 Å². The van der Waals surface area contributed by atoms with E-state index in [1.54, 1.807) is 17.1 Å². The minimum Gasteiger partial charge on any atom is -0.326 e. The number of hydrogen-bond acceptors (Lipinski definition) is 5. The molecule has 1 aliphatic rings. The molecule has 35 heavy (non-hydrogen) atoms. The number of carbonyl (C=O) groups excluding carboxylic acids is 2. The smallest absolute Gasteiger partial charge is 0.226 e. The number of ketones is 1. The molecule has 1 N–H and O–H groups in total. The molecule has 7 heteroatoms. The lowest BCUT2D eigenvalue weighted by Crippen LogP contribution is -2.43. The SMILES string of the molecule is CC(=O)C1=NN(c2ccc(Cl)cc2)[C@H](/C=C/c2ccccc2)N1c1ccc(NC(=O)C(C)C)cc1. The number of hydrazone groups is 1. The fourth-order valence-electron chi connectivity index (χ4n) is 3.68. The Labute approximate surface area is 210 Å². The van der Waals surface area contributed by atoms with Crippen LogP contribution in [-0.2, 0) is 9.59 Å². The zero-order chi connectivity index (χ0) is 24.9. The van der Waals surface area contributed by atoms with Crippen molar-refractivity contribution in [1.29, 1.82) is 0 Å². The van der Waals surface area contributed by atoms with Gasteiger partial charge in [-0.2, -0.15) is 0 Å². The zero-order valence-corrected chi connectivity index (χ0v) is 20.6. The van der Waals surface area contributed by atoms with Crippen LogP contribution in [-0.4, -0.2) is 23.7 Å². The number of benzene rings is 3. The second kappa shape index (κ2) is 10.6. The number of Topliss-reactive ketones (excluding diaryl/α,β-unsaturated/α-hetero) is 1. The Morgan fingerprint density at radius 2 is 1.57 bits per heavy atom. The average molecular weight is 487 g/mol. The first-order chi connectivity index (χ1) is 16.8. The predicted octanol–water partition coefficient (Wildman–Crippen LogP) is 6.20. The summed E-state index contributed by atoms with van der Waals surface area (Å²) in [5, 5.41) is 10.0. The number of halogens is 1. The van der Waals surface area contributed by atoms with Crippen molar-refractivity contribution in [2.24, 2.45) is 11.0 Å². The summed E-state index contributed by atoms with van der Waals surface area (Å²) in [6, 6.07) is 24.7. The Hall–Kier alpha value is -3.90. The Kier molecular flexibility index (Phi) is 7.32. The standard InChI is InChI=1S/C28H27ClN4O2/c1-19(2)28(35)30-23-12-16-24(17-13-23)32-26(18-9-21-7-5-4-6-8-21)33(31-27(32)20(3)34)25-14-10-22(29)11-15-25/h4-19,26H,1-3H3,(H,30,35)/b18-9+/t26-/m1/s1. The summed E-state index contributed by atoms with van der Waals surface area (Å²) in [6.45, 7) is 5.20. The number of amidine groups is 1. The third-order valence-corrected chi connectivity index (χ3v) is 5.80. The van der Waals surface area contributed by atoms with Gasteiger partial charge < -0.3 is 5.32 Å². The Balaban J connectivity index is 1.73. The van der Waals surface area contributed by atoms with E-state index in [2.05, 4.69) is 5.32 Å². The van der Waals surface area contributed by atoms with Crippen LogP contribution in [0.4, 0.5) is 17.1 Å². The molecule has 0 bridgehead atoms. The van der Waals surface area contributed by atoms with Crippen molar-refractivity contribution in [2.45, 2.75) is 26.9 Å². The van der Waals surface area contributed by atoms with Crippen LogP contribution >= 0.6 is 11.6 Å². The van der Waals surface area contributed by atoms with Gasteiger partial charge in [-0.25, -0.2) is 5.01 Å². The molecule has 4 rings (SSSR count). The third-order valence-electron chi connectivity index (χ3n) is 5.55. The summed E-state index contributed by atoms with van der Waals surface area (Å²) >= 11 is 6.11. The summed E-state index contributed by atoms with van der Waals surface area (Å²) in [6.07, 6.45) is 3.63. The van der Waals surface area contributed by atoms with Crippen molar-refractivity contribution in [3.63, 3.8) is 0 Å². The Bertz CT molecular complexity index is 1250. The van der Waals surface area contributed by atoms with Gasteiger partial charge in [0, 0.05) is 29.2 Å². The molecule has 1 heterocycles. The van der Waals surface area contributed by atoms with Gasteiger partial charge in [0.25, 0.3) is 0 Å². The summed E-state index contributed by atoms with van der Waals surface area (Å²) in [4.78, 5) is 26.6. The average Bonchev–Trinajstić information content (AvgIpc) is 3.24. The van der Waals surface area contributed by atoms with Crippen LogP contribution in [0.5, 0.6) is 0 Å². The van der Waals surface area contributed by atoms with Crippen LogP contribution in [0, 0.1) is 5.92 Å². The second-order valence-electron chi connectivity index (χ2n) is 8.55. The molecule has 3 aromatic rings. The number of amides is 1. The van der Waals surface area contributed by atoms with E-state index in [4.69, 9.17) is 16.7 Å². The first-order valence-corrected chi connectivity index (χ1v) is 11.8. The summed E-state index contributed by atoms with van der Waals surface area (Å²) in [7, 11) is 0. The largest absolute Gasteiger partial charge is 0.326 e. The molecule has 0 saturated carbocycles. The number of nitrogens with one attached hydrogen (secondary N) is 1. The van der Waals surface area contributed by atoms with Gasteiger partial charge in [0.2, 0.25) is 5.91 Å². The molecule has 0 radical (unpaired) electrons. The lowest BCUT2D eigenvalue weighted by Gasteiger charge is -2.29. The lowest BCUT2D eigenvalue weighted by atomic mass is 10.1. The van der Waals surface area contributed by atoms with E-state index in [0.29, 0.717) is 16.5 Å². The first-order valence-electron chi connectivity index (χ1n) is 11.4. The highest BCUT2D eigenvalue weighted by Gasteiger charge is 2.36. The molecule has 0 aliphatic carbocycles. The molecule has 3 aromatic carbocycles. The molecule has 0 fully saturated rings. The lowest BCUT2D eigenvalue weighted by molar-refractivity contribution is -0.119. The second-order valence-corrected chi connectivity index (χ2v) is 8.98. The van der Waals surface area contributed by atoms with Crippen LogP contribution in [0.15, 0.2) is 90.0 Å². The van der Waals surface area contributed by atoms with Gasteiger partial charge in [-0.15, -0.1) is 5.10 Å². The van der Waals surface area contributed by atoms with Crippen molar-refractivity contribution in [2.75, 3.05) is 15.2 Å². The van der Waals surface area contributed by atoms with Gasteiger partial charge in [-0.05, 0) is 60.2 Å². The monoisotopic (exact) mass is 486 g/mol. The Morgan fingerprint density at radius 1 is 0.943 bits per heavy atom. The number of hydrogen-bond donors (Lipinski definition) is 1. The molecular weight excluding hydrogens is 460 g/mol. The summed E-state index contributed by atoms with van der Waals surface area (Å²) in [5.74, 6) is -0.00831. The van der Waals surface area contributed by atoms with Crippen LogP contribution in [0.3, 0.4) is 0 Å². The number of rotatable bonds is 7. The maximum atomic E-state index is 12.7. The minimum absolute atomic E-state index is 0.0532. The predicted molar refractivity (Wildman–Crippen MR) is 144 cm³/mol. The van der Waals surface area contributed by atoms with Crippen molar-refractivity contribution in [3.8, 4) is 0 Å². The van der Waals surface area contributed by atoms with Gasteiger partial charge in [0.1, 0.15) is 6.17 Å². The minimum atomic E-state index is -0.397. The van der Waals surface area contributed by atoms with Gasteiger partial charge in [-0.3, -0.25) is 14.5 Å². The number of nitrogens with zero attached hydrogens (tertiary/aromatic N) is 3. The van der Waals surface area contributed by atoms with E-state index in [0.717, 1.165) is 16.9 Å². The normalized spacial score (nSPS) is 15.6. The van der Waals surface area contributed by atoms with Crippen molar-refractivity contribution >= 4 is 52.3 Å². The van der Waals surface area contributed by atoms with E-state index >= 15 is 0 Å². The van der Waals surface area contributed by atoms with Crippen LogP contribution < -0.4 is 15.2 Å². The van der Waals surface area contributed by atoms with E-state index < -0.39 is 6.17 Å². The first kappa shape index (κ1) is 24.2. The molecule has 0 unspecified atom stereocenters. The van der Waals surface area contributed by atoms with Crippen LogP contribution in [0.25, 0.3) is 6.08 Å². The molecule has 6 nitrogen and oxygen atoms in total. The highest BCUT2D eigenvalue weighted by molar-refractivity contribution is 6.44. The van der Waals surface area contributed by atoms with Crippen molar-refractivity contribution in [3.05, 3.63) is 95.5 Å². The van der Waals surface area contributed by atoms with Crippen molar-refractivity contribution in [1.82, 2.24) is 0 Å². The molecule has 1 aliphatic heterocycles.